The van der Waals surface area contributed by atoms with Crippen LogP contribution in [0.5, 0.6) is 11.8 Å². The Morgan fingerprint density at radius 2 is 1.66 bits per heavy atom. The molecule has 196 valence electrons. The molecule has 2 N–H and O–H groups in total. The lowest BCUT2D eigenvalue weighted by atomic mass is 9.52. The number of aromatic nitrogens is 2. The first kappa shape index (κ1) is 23.4. The van der Waals surface area contributed by atoms with Crippen molar-refractivity contribution < 1.29 is 19.0 Å². The summed E-state index contributed by atoms with van der Waals surface area (Å²) < 4.78 is 18.7. The third kappa shape index (κ3) is 4.15. The predicted octanol–water partition coefficient (Wildman–Crippen LogP) is 5.02. The summed E-state index contributed by atoms with van der Waals surface area (Å²) in [6.45, 7) is 1.20. The highest BCUT2D eigenvalue weighted by molar-refractivity contribution is 5.98. The van der Waals surface area contributed by atoms with E-state index in [1.807, 2.05) is 53.4 Å². The highest BCUT2D eigenvalue weighted by atomic mass is 19.1. The average Bonchev–Trinajstić information content (AvgIpc) is 2.91. The number of carbonyl (C=O) groups is 1. The van der Waals surface area contributed by atoms with Crippen molar-refractivity contribution in [2.75, 3.05) is 22.9 Å². The van der Waals surface area contributed by atoms with E-state index in [4.69, 9.17) is 4.74 Å². The fraction of sp³-hybridized carbons (Fsp3) is 0.414. The number of nitrogens with zero attached hydrogens (tertiary/aromatic N) is 4. The number of amides is 2. The second-order valence-electron chi connectivity index (χ2n) is 11.2. The topological polar surface area (TPSA) is 90.8 Å². The number of hydrogen-bond donors (Lipinski definition) is 2. The minimum absolute atomic E-state index is 0.0513. The van der Waals surface area contributed by atoms with E-state index in [0.29, 0.717) is 36.6 Å². The van der Waals surface area contributed by atoms with Crippen molar-refractivity contribution in [1.82, 2.24) is 15.3 Å². The van der Waals surface area contributed by atoms with Crippen molar-refractivity contribution in [3.05, 3.63) is 66.7 Å². The molecule has 0 saturated heterocycles. The van der Waals surface area contributed by atoms with Crippen molar-refractivity contribution in [2.24, 2.45) is 17.8 Å². The van der Waals surface area contributed by atoms with Gasteiger partial charge in [-0.2, -0.15) is 0 Å². The maximum atomic E-state index is 13.6. The van der Waals surface area contributed by atoms with Crippen LogP contribution < -0.4 is 19.9 Å². The monoisotopic (exact) mass is 515 g/mol. The molecule has 4 aliphatic carbocycles. The largest absolute Gasteiger partial charge is 0.424 e. The molecule has 4 fully saturated rings. The summed E-state index contributed by atoms with van der Waals surface area (Å²) in [7, 11) is 0. The first-order valence-electron chi connectivity index (χ1n) is 13.4. The fourth-order valence-electron chi connectivity index (χ4n) is 7.43. The van der Waals surface area contributed by atoms with E-state index < -0.39 is 11.4 Å². The lowest BCUT2D eigenvalue weighted by Gasteiger charge is -2.58. The van der Waals surface area contributed by atoms with Crippen LogP contribution in [0.4, 0.5) is 26.2 Å². The lowest BCUT2D eigenvalue weighted by Crippen LogP contribution is -2.63. The average molecular weight is 516 g/mol. The molecule has 38 heavy (non-hydrogen) atoms. The van der Waals surface area contributed by atoms with Crippen LogP contribution in [0.3, 0.4) is 0 Å². The van der Waals surface area contributed by atoms with E-state index in [-0.39, 0.29) is 18.1 Å². The van der Waals surface area contributed by atoms with E-state index in [9.17, 15) is 14.3 Å². The molecule has 5 aliphatic rings. The maximum absolute atomic E-state index is 13.6. The molecule has 2 aromatic carbocycles. The number of hydrogen-bond acceptors (Lipinski definition) is 6. The van der Waals surface area contributed by atoms with Gasteiger partial charge in [-0.05, 0) is 86.3 Å². The molecule has 3 aromatic rings. The van der Waals surface area contributed by atoms with Gasteiger partial charge in [-0.25, -0.2) is 19.2 Å². The SMILES string of the molecule is O=C(NC1C2CC3CC1CC(O)(C3)C2)N1CCN(c2ccc(Oc3ncc(F)cn3)cc2)c2ccccc21. The predicted molar refractivity (Wildman–Crippen MR) is 140 cm³/mol. The number of aliphatic hydroxyl groups is 1. The number of benzene rings is 2. The maximum Gasteiger partial charge on any atom is 0.322 e. The Hall–Kier alpha value is -3.72. The molecule has 8 nitrogen and oxygen atoms in total. The second kappa shape index (κ2) is 8.94. The van der Waals surface area contributed by atoms with Crippen LogP contribution in [0, 0.1) is 23.6 Å². The van der Waals surface area contributed by atoms with E-state index in [1.165, 1.54) is 0 Å². The molecule has 2 atom stereocenters. The Bertz CT molecular complexity index is 1340. The third-order valence-electron chi connectivity index (χ3n) is 8.74. The number of anilines is 3. The Balaban J connectivity index is 1.07. The Morgan fingerprint density at radius 3 is 2.34 bits per heavy atom. The van der Waals surface area contributed by atoms with Crippen LogP contribution >= 0.6 is 0 Å². The number of nitrogens with one attached hydrogen (secondary N) is 1. The fourth-order valence-corrected chi connectivity index (χ4v) is 7.43. The summed E-state index contributed by atoms with van der Waals surface area (Å²) >= 11 is 0. The summed E-state index contributed by atoms with van der Waals surface area (Å²) in [6.07, 6.45) is 6.90. The molecule has 1 aromatic heterocycles. The van der Waals surface area contributed by atoms with Crippen molar-refractivity contribution in [3.63, 3.8) is 0 Å². The molecular weight excluding hydrogens is 485 g/mol. The van der Waals surface area contributed by atoms with Crippen molar-refractivity contribution in [2.45, 2.75) is 43.7 Å². The van der Waals surface area contributed by atoms with E-state index in [0.717, 1.165) is 61.6 Å². The Labute approximate surface area is 220 Å². The molecule has 9 heteroatoms. The van der Waals surface area contributed by atoms with Crippen LogP contribution in [-0.4, -0.2) is 45.8 Å². The molecule has 4 saturated carbocycles. The number of rotatable bonds is 4. The van der Waals surface area contributed by atoms with Crippen LogP contribution in [0.1, 0.15) is 32.1 Å². The summed E-state index contributed by atoms with van der Waals surface area (Å²) in [4.78, 5) is 25.3. The summed E-state index contributed by atoms with van der Waals surface area (Å²) in [5, 5.41) is 14.3. The zero-order valence-corrected chi connectivity index (χ0v) is 21.0. The quantitative estimate of drug-likeness (QED) is 0.507. The summed E-state index contributed by atoms with van der Waals surface area (Å²) in [5.41, 5.74) is 2.30. The van der Waals surface area contributed by atoms with Gasteiger partial charge in [0.15, 0.2) is 5.82 Å². The van der Waals surface area contributed by atoms with Crippen molar-refractivity contribution >= 4 is 23.1 Å². The Morgan fingerprint density at radius 1 is 0.974 bits per heavy atom. The van der Waals surface area contributed by atoms with E-state index >= 15 is 0 Å². The first-order valence-corrected chi connectivity index (χ1v) is 13.4. The molecule has 2 amide bonds. The van der Waals surface area contributed by atoms with Crippen LogP contribution in [0.2, 0.25) is 0 Å². The van der Waals surface area contributed by atoms with Crippen LogP contribution in [-0.2, 0) is 0 Å². The third-order valence-corrected chi connectivity index (χ3v) is 8.74. The minimum Gasteiger partial charge on any atom is -0.424 e. The van der Waals surface area contributed by atoms with Gasteiger partial charge in [0.25, 0.3) is 0 Å². The number of para-hydroxylation sites is 2. The highest BCUT2D eigenvalue weighted by Gasteiger charge is 2.55. The number of carbonyl (C=O) groups excluding carboxylic acids is 1. The number of fused-ring (bicyclic) bond motifs is 1. The van der Waals surface area contributed by atoms with Gasteiger partial charge >= 0.3 is 12.0 Å². The van der Waals surface area contributed by atoms with E-state index in [2.05, 4.69) is 20.2 Å². The zero-order chi connectivity index (χ0) is 25.9. The van der Waals surface area contributed by atoms with Gasteiger partial charge < -0.3 is 20.1 Å². The number of ether oxygens (including phenoxy) is 1. The first-order chi connectivity index (χ1) is 18.4. The van der Waals surface area contributed by atoms with Crippen molar-refractivity contribution in [1.29, 1.82) is 0 Å². The van der Waals surface area contributed by atoms with Gasteiger partial charge in [-0.15, -0.1) is 0 Å². The zero-order valence-electron chi connectivity index (χ0n) is 21.0. The molecule has 1 aliphatic heterocycles. The molecule has 8 rings (SSSR count). The normalized spacial score (nSPS) is 29.2. The molecule has 0 spiro atoms. The number of halogens is 1. The molecular formula is C29H30FN5O3. The highest BCUT2D eigenvalue weighted by Crippen LogP contribution is 2.55. The van der Waals surface area contributed by atoms with E-state index in [1.54, 1.807) is 0 Å². The lowest BCUT2D eigenvalue weighted by molar-refractivity contribution is -0.136. The molecule has 2 unspecified atom stereocenters. The smallest absolute Gasteiger partial charge is 0.322 e. The standard InChI is InChI=1S/C29H30FN5O3/c30-21-16-31-27(32-17-21)38-23-7-5-22(6-8-23)34-9-10-35(25-4-2-1-3-24(25)34)28(36)33-26-19-11-18-12-20(26)15-29(37,13-18)14-19/h1-8,16-20,26,37H,9-15H2,(H,33,36). The second-order valence-corrected chi connectivity index (χ2v) is 11.2. The van der Waals surface area contributed by atoms with Gasteiger partial charge in [0, 0.05) is 24.8 Å². The van der Waals surface area contributed by atoms with Crippen LogP contribution in [0.25, 0.3) is 0 Å². The van der Waals surface area contributed by atoms with Gasteiger partial charge in [0.05, 0.1) is 29.4 Å². The van der Waals surface area contributed by atoms with Crippen molar-refractivity contribution in [3.8, 4) is 11.8 Å². The number of urea groups is 1. The summed E-state index contributed by atoms with van der Waals surface area (Å²) in [6, 6.07) is 15.7. The van der Waals surface area contributed by atoms with Gasteiger partial charge in [0.1, 0.15) is 5.75 Å². The molecule has 2 heterocycles. The molecule has 0 radical (unpaired) electrons. The van der Waals surface area contributed by atoms with Gasteiger partial charge in [-0.3, -0.25) is 4.90 Å². The summed E-state index contributed by atoms with van der Waals surface area (Å²) in [5.74, 6) is 1.37. The van der Waals surface area contributed by atoms with Gasteiger partial charge in [-0.1, -0.05) is 12.1 Å². The van der Waals surface area contributed by atoms with Crippen LogP contribution in [0.15, 0.2) is 60.9 Å². The minimum atomic E-state index is -0.518. The Kier molecular flexibility index (Phi) is 5.51. The van der Waals surface area contributed by atoms with Gasteiger partial charge in [0.2, 0.25) is 0 Å². The molecule has 4 bridgehead atoms.